The van der Waals surface area contributed by atoms with E-state index >= 15 is 0 Å². The Labute approximate surface area is 160 Å². The van der Waals surface area contributed by atoms with Gasteiger partial charge in [-0.1, -0.05) is 41.9 Å². The molecule has 0 saturated heterocycles. The van der Waals surface area contributed by atoms with Crippen molar-refractivity contribution >= 4 is 17.5 Å². The Bertz CT molecular complexity index is 811. The van der Waals surface area contributed by atoms with E-state index in [4.69, 9.17) is 17.3 Å². The summed E-state index contributed by atoms with van der Waals surface area (Å²) in [5.41, 5.74) is 9.49. The molecule has 1 fully saturated rings. The van der Waals surface area contributed by atoms with Gasteiger partial charge in [-0.2, -0.15) is 0 Å². The van der Waals surface area contributed by atoms with E-state index in [2.05, 4.69) is 23.1 Å². The van der Waals surface area contributed by atoms with Gasteiger partial charge in [-0.05, 0) is 61.4 Å². The Morgan fingerprint density at radius 1 is 1.12 bits per heavy atom. The van der Waals surface area contributed by atoms with Crippen molar-refractivity contribution in [3.63, 3.8) is 0 Å². The molecule has 3 nitrogen and oxygen atoms in total. The minimum Gasteiger partial charge on any atom is -0.335 e. The molecule has 1 aliphatic carbocycles. The fraction of sp³-hybridized carbons (Fsp3) is 0.409. The van der Waals surface area contributed by atoms with E-state index in [0.717, 1.165) is 49.2 Å². The second kappa shape index (κ2) is 7.05. The highest BCUT2D eigenvalue weighted by Gasteiger charge is 2.39. The van der Waals surface area contributed by atoms with Crippen molar-refractivity contribution in [2.75, 3.05) is 13.1 Å². The summed E-state index contributed by atoms with van der Waals surface area (Å²) in [6, 6.07) is 16.4. The maximum atomic E-state index is 12.9. The number of rotatable bonds is 3. The number of hydrogen-bond acceptors (Lipinski definition) is 2. The van der Waals surface area contributed by atoms with Gasteiger partial charge in [0.1, 0.15) is 0 Å². The summed E-state index contributed by atoms with van der Waals surface area (Å²) in [5, 5.41) is 0.764. The summed E-state index contributed by atoms with van der Waals surface area (Å²) in [6.07, 6.45) is 4.95. The lowest BCUT2D eigenvalue weighted by molar-refractivity contribution is 0.0575. The lowest BCUT2D eigenvalue weighted by Gasteiger charge is -2.44. The largest absolute Gasteiger partial charge is 0.335 e. The first kappa shape index (κ1) is 17.6. The van der Waals surface area contributed by atoms with Crippen molar-refractivity contribution in [2.45, 2.75) is 43.6 Å². The fourth-order valence-electron chi connectivity index (χ4n) is 4.69. The highest BCUT2D eigenvalue weighted by molar-refractivity contribution is 6.30. The van der Waals surface area contributed by atoms with Crippen molar-refractivity contribution in [2.24, 2.45) is 5.73 Å². The van der Waals surface area contributed by atoms with E-state index < -0.39 is 0 Å². The van der Waals surface area contributed by atoms with Crippen LogP contribution in [0.4, 0.5) is 0 Å². The molecular weight excluding hydrogens is 344 g/mol. The van der Waals surface area contributed by atoms with Gasteiger partial charge in [0, 0.05) is 35.1 Å². The lowest BCUT2D eigenvalue weighted by atomic mass is 9.68. The molecular formula is C22H25ClN2O. The first-order valence-electron chi connectivity index (χ1n) is 9.48. The molecule has 2 aromatic rings. The topological polar surface area (TPSA) is 46.3 Å². The van der Waals surface area contributed by atoms with Gasteiger partial charge in [0.15, 0.2) is 0 Å². The van der Waals surface area contributed by atoms with Gasteiger partial charge in [-0.25, -0.2) is 0 Å². The van der Waals surface area contributed by atoms with Crippen LogP contribution < -0.4 is 5.73 Å². The number of amides is 1. The predicted molar refractivity (Wildman–Crippen MR) is 106 cm³/mol. The molecule has 2 aliphatic rings. The van der Waals surface area contributed by atoms with Gasteiger partial charge in [-0.15, -0.1) is 0 Å². The summed E-state index contributed by atoms with van der Waals surface area (Å²) in [7, 11) is 0. The van der Waals surface area contributed by atoms with Crippen molar-refractivity contribution in [1.29, 1.82) is 0 Å². The van der Waals surface area contributed by atoms with Crippen LogP contribution in [-0.4, -0.2) is 29.9 Å². The van der Waals surface area contributed by atoms with Crippen molar-refractivity contribution in [3.05, 3.63) is 70.2 Å². The normalized spacial score (nSPS) is 25.8. The molecule has 0 unspecified atom stereocenters. The molecule has 2 aromatic carbocycles. The van der Waals surface area contributed by atoms with Gasteiger partial charge in [0.05, 0.1) is 0 Å². The third-order valence-corrected chi connectivity index (χ3v) is 6.55. The molecule has 136 valence electrons. The molecule has 1 heterocycles. The molecule has 0 bridgehead atoms. The van der Waals surface area contributed by atoms with E-state index in [1.165, 1.54) is 11.1 Å². The fourth-order valence-corrected chi connectivity index (χ4v) is 4.88. The number of nitrogens with zero attached hydrogens (tertiary/aromatic N) is 1. The first-order chi connectivity index (χ1) is 12.6. The maximum Gasteiger partial charge on any atom is 0.254 e. The van der Waals surface area contributed by atoms with Crippen molar-refractivity contribution in [3.8, 4) is 0 Å². The highest BCUT2D eigenvalue weighted by atomic mass is 35.5. The van der Waals surface area contributed by atoms with Gasteiger partial charge in [0.25, 0.3) is 5.91 Å². The second-order valence-electron chi connectivity index (χ2n) is 7.63. The SMILES string of the molecule is NC[C@]1(c2cccc(Cl)c2)CC[C@H](N2CCc3ccccc3C2=O)CC1. The van der Waals surface area contributed by atoms with E-state index in [0.29, 0.717) is 12.6 Å². The predicted octanol–water partition coefficient (Wildman–Crippen LogP) is 4.18. The Morgan fingerprint density at radius 3 is 2.62 bits per heavy atom. The van der Waals surface area contributed by atoms with Gasteiger partial charge >= 0.3 is 0 Å². The molecule has 2 N–H and O–H groups in total. The minimum atomic E-state index is -0.0157. The average molecular weight is 369 g/mol. The van der Waals surface area contributed by atoms with Crippen LogP contribution in [0.15, 0.2) is 48.5 Å². The minimum absolute atomic E-state index is 0.0157. The van der Waals surface area contributed by atoms with Crippen molar-refractivity contribution in [1.82, 2.24) is 4.90 Å². The molecule has 1 amide bonds. The standard InChI is InChI=1S/C22H25ClN2O/c23-18-6-3-5-17(14-18)22(15-24)11-8-19(9-12-22)25-13-10-16-4-1-2-7-20(16)21(25)26/h1-7,14,19H,8-13,15,24H2/t19-,22-. The number of halogens is 1. The third kappa shape index (κ3) is 3.04. The molecule has 0 radical (unpaired) electrons. The van der Waals surface area contributed by atoms with E-state index in [1.54, 1.807) is 0 Å². The number of fused-ring (bicyclic) bond motifs is 1. The highest BCUT2D eigenvalue weighted by Crippen LogP contribution is 2.41. The second-order valence-corrected chi connectivity index (χ2v) is 8.07. The molecule has 4 heteroatoms. The summed E-state index contributed by atoms with van der Waals surface area (Å²) < 4.78 is 0. The Kier molecular flexibility index (Phi) is 4.76. The van der Waals surface area contributed by atoms with E-state index in [1.807, 2.05) is 30.3 Å². The number of carbonyl (C=O) groups is 1. The van der Waals surface area contributed by atoms with Crippen LogP contribution in [0.2, 0.25) is 5.02 Å². The molecule has 1 saturated carbocycles. The molecule has 4 rings (SSSR count). The zero-order valence-electron chi connectivity index (χ0n) is 15.0. The zero-order valence-corrected chi connectivity index (χ0v) is 15.7. The Balaban J connectivity index is 1.51. The van der Waals surface area contributed by atoms with Crippen LogP contribution >= 0.6 is 11.6 Å². The zero-order chi connectivity index (χ0) is 18.1. The monoisotopic (exact) mass is 368 g/mol. The number of nitrogens with two attached hydrogens (primary N) is 1. The maximum absolute atomic E-state index is 12.9. The van der Waals surface area contributed by atoms with Crippen LogP contribution in [0.3, 0.4) is 0 Å². The summed E-state index contributed by atoms with van der Waals surface area (Å²) in [5.74, 6) is 0.194. The van der Waals surface area contributed by atoms with Crippen LogP contribution in [-0.2, 0) is 11.8 Å². The molecule has 0 atom stereocenters. The van der Waals surface area contributed by atoms with Crippen LogP contribution in [0.25, 0.3) is 0 Å². The smallest absolute Gasteiger partial charge is 0.254 e. The quantitative estimate of drug-likeness (QED) is 0.883. The Morgan fingerprint density at radius 2 is 1.88 bits per heavy atom. The third-order valence-electron chi connectivity index (χ3n) is 6.31. The first-order valence-corrected chi connectivity index (χ1v) is 9.86. The van der Waals surface area contributed by atoms with Crippen LogP contribution in [0.1, 0.15) is 47.2 Å². The van der Waals surface area contributed by atoms with E-state index in [9.17, 15) is 4.79 Å². The van der Waals surface area contributed by atoms with Gasteiger partial charge in [0.2, 0.25) is 0 Å². The summed E-state index contributed by atoms with van der Waals surface area (Å²) >= 11 is 6.21. The summed E-state index contributed by atoms with van der Waals surface area (Å²) in [6.45, 7) is 1.45. The summed E-state index contributed by atoms with van der Waals surface area (Å²) in [4.78, 5) is 15.0. The number of hydrogen-bond donors (Lipinski definition) is 1. The molecule has 26 heavy (non-hydrogen) atoms. The number of benzene rings is 2. The average Bonchev–Trinajstić information content (AvgIpc) is 2.69. The van der Waals surface area contributed by atoms with Crippen LogP contribution in [0.5, 0.6) is 0 Å². The molecule has 1 aliphatic heterocycles. The Hall–Kier alpha value is -1.84. The lowest BCUT2D eigenvalue weighted by Crippen LogP contribution is -2.49. The van der Waals surface area contributed by atoms with Gasteiger partial charge in [-0.3, -0.25) is 4.79 Å². The number of carbonyl (C=O) groups excluding carboxylic acids is 1. The van der Waals surface area contributed by atoms with Gasteiger partial charge < -0.3 is 10.6 Å². The molecule has 0 spiro atoms. The van der Waals surface area contributed by atoms with E-state index in [-0.39, 0.29) is 11.3 Å². The molecule has 0 aromatic heterocycles. The van der Waals surface area contributed by atoms with Crippen molar-refractivity contribution < 1.29 is 4.79 Å². The van der Waals surface area contributed by atoms with Crippen LogP contribution in [0, 0.1) is 0 Å².